The van der Waals surface area contributed by atoms with Gasteiger partial charge in [-0.25, -0.2) is 13.1 Å². The highest BCUT2D eigenvalue weighted by Crippen LogP contribution is 2.29. The van der Waals surface area contributed by atoms with Gasteiger partial charge in [-0.05, 0) is 44.0 Å². The van der Waals surface area contributed by atoms with Crippen molar-refractivity contribution in [1.29, 1.82) is 0 Å². The Balaban J connectivity index is 1.79. The molecule has 0 radical (unpaired) electrons. The highest BCUT2D eigenvalue weighted by atomic mass is 32.2. The largest absolute Gasteiger partial charge is 0.372 e. The average Bonchev–Trinajstić information content (AvgIpc) is 3.16. The van der Waals surface area contributed by atoms with Crippen LogP contribution in [-0.4, -0.2) is 43.8 Å². The fourth-order valence-electron chi connectivity index (χ4n) is 3.13. The zero-order chi connectivity index (χ0) is 19.4. The first-order valence-corrected chi connectivity index (χ1v) is 10.4. The molecule has 1 fully saturated rings. The average molecular weight is 392 g/mol. The first kappa shape index (κ1) is 19.5. The van der Waals surface area contributed by atoms with Crippen LogP contribution in [0, 0.1) is 0 Å². The van der Waals surface area contributed by atoms with Crippen molar-refractivity contribution in [3.8, 4) is 0 Å². The van der Waals surface area contributed by atoms with Crippen LogP contribution in [-0.2, 0) is 21.3 Å². The second kappa shape index (κ2) is 8.20. The molecule has 0 aliphatic carbocycles. The molecule has 0 saturated carbocycles. The molecule has 1 aromatic heterocycles. The van der Waals surface area contributed by atoms with Crippen LogP contribution in [0.1, 0.15) is 41.8 Å². The standard InChI is InChI=1S/C18H24N4O4S/c1-3-22-12-14(11-20-22)17-16(5-4-10-26-17)21-27(24,25)15-8-6-13(7-9-15)18(23)19-2/h6-9,11-12,16-17,21H,3-5,10H2,1-2H3,(H,19,23)/t16-,17+/m0/s1. The molecule has 0 spiro atoms. The number of carbonyl (C=O) groups excluding carboxylic acids is 1. The van der Waals surface area contributed by atoms with Gasteiger partial charge in [0.1, 0.15) is 6.10 Å². The molecule has 1 aromatic carbocycles. The fourth-order valence-corrected chi connectivity index (χ4v) is 4.40. The van der Waals surface area contributed by atoms with Gasteiger partial charge in [0.2, 0.25) is 10.0 Å². The summed E-state index contributed by atoms with van der Waals surface area (Å²) in [6.45, 7) is 3.31. The van der Waals surface area contributed by atoms with Gasteiger partial charge in [-0.15, -0.1) is 0 Å². The van der Waals surface area contributed by atoms with Crippen LogP contribution in [0.25, 0.3) is 0 Å². The molecule has 2 aromatic rings. The van der Waals surface area contributed by atoms with E-state index in [1.165, 1.54) is 31.3 Å². The summed E-state index contributed by atoms with van der Waals surface area (Å²) in [7, 11) is -2.21. The third-order valence-corrected chi connectivity index (χ3v) is 6.09. The Bertz CT molecular complexity index is 892. The summed E-state index contributed by atoms with van der Waals surface area (Å²) >= 11 is 0. The normalized spacial score (nSPS) is 20.4. The number of nitrogens with zero attached hydrogens (tertiary/aromatic N) is 2. The number of carbonyl (C=O) groups is 1. The predicted molar refractivity (Wildman–Crippen MR) is 99.8 cm³/mol. The Kier molecular flexibility index (Phi) is 5.93. The molecule has 3 rings (SSSR count). The molecule has 2 atom stereocenters. The lowest BCUT2D eigenvalue weighted by molar-refractivity contribution is -0.00447. The third kappa shape index (κ3) is 4.37. The number of sulfonamides is 1. The molecule has 0 unspecified atom stereocenters. The molecule has 1 amide bonds. The van der Waals surface area contributed by atoms with Crippen molar-refractivity contribution < 1.29 is 17.9 Å². The van der Waals surface area contributed by atoms with Crippen LogP contribution in [0.2, 0.25) is 0 Å². The number of rotatable bonds is 6. The number of aryl methyl sites for hydroxylation is 1. The lowest BCUT2D eigenvalue weighted by Gasteiger charge is -2.31. The van der Waals surface area contributed by atoms with Crippen molar-refractivity contribution in [2.45, 2.75) is 43.4 Å². The molecule has 1 aliphatic heterocycles. The molecule has 2 N–H and O–H groups in total. The number of aromatic nitrogens is 2. The van der Waals surface area contributed by atoms with Gasteiger partial charge in [0.15, 0.2) is 0 Å². The number of benzene rings is 1. The van der Waals surface area contributed by atoms with Gasteiger partial charge in [-0.2, -0.15) is 5.10 Å². The molecule has 146 valence electrons. The van der Waals surface area contributed by atoms with Crippen LogP contribution in [0.5, 0.6) is 0 Å². The van der Waals surface area contributed by atoms with E-state index in [4.69, 9.17) is 4.74 Å². The Morgan fingerprint density at radius 2 is 2.07 bits per heavy atom. The highest BCUT2D eigenvalue weighted by molar-refractivity contribution is 7.89. The smallest absolute Gasteiger partial charge is 0.251 e. The van der Waals surface area contributed by atoms with Crippen LogP contribution in [0.15, 0.2) is 41.6 Å². The van der Waals surface area contributed by atoms with Crippen molar-refractivity contribution in [2.24, 2.45) is 0 Å². The molecule has 8 nitrogen and oxygen atoms in total. The highest BCUT2D eigenvalue weighted by Gasteiger charge is 2.32. The maximum absolute atomic E-state index is 12.8. The van der Waals surface area contributed by atoms with E-state index < -0.39 is 10.0 Å². The van der Waals surface area contributed by atoms with Gasteiger partial charge in [-0.3, -0.25) is 9.48 Å². The van der Waals surface area contributed by atoms with Gasteiger partial charge in [0.05, 0.1) is 17.1 Å². The van der Waals surface area contributed by atoms with Crippen LogP contribution >= 0.6 is 0 Å². The lowest BCUT2D eigenvalue weighted by atomic mass is 9.99. The van der Waals surface area contributed by atoms with E-state index in [0.717, 1.165) is 18.5 Å². The van der Waals surface area contributed by atoms with Crippen molar-refractivity contribution in [3.05, 3.63) is 47.8 Å². The summed E-state index contributed by atoms with van der Waals surface area (Å²) in [6.07, 6.45) is 4.69. The monoisotopic (exact) mass is 392 g/mol. The summed E-state index contributed by atoms with van der Waals surface area (Å²) in [5.41, 5.74) is 1.27. The Morgan fingerprint density at radius 1 is 1.33 bits per heavy atom. The second-order valence-corrected chi connectivity index (χ2v) is 8.11. The van der Waals surface area contributed by atoms with Gasteiger partial charge in [0, 0.05) is 37.5 Å². The number of ether oxygens (including phenoxy) is 1. The number of hydrogen-bond donors (Lipinski definition) is 2. The Hall–Kier alpha value is -2.23. The summed E-state index contributed by atoms with van der Waals surface area (Å²) in [5.74, 6) is -0.263. The quantitative estimate of drug-likeness (QED) is 0.775. The zero-order valence-corrected chi connectivity index (χ0v) is 16.2. The van der Waals surface area contributed by atoms with Crippen molar-refractivity contribution >= 4 is 15.9 Å². The summed E-state index contributed by atoms with van der Waals surface area (Å²) in [5, 5.41) is 6.76. The molecular formula is C18H24N4O4S. The number of nitrogens with one attached hydrogen (secondary N) is 2. The molecule has 0 bridgehead atoms. The maximum atomic E-state index is 12.8. The lowest BCUT2D eigenvalue weighted by Crippen LogP contribution is -2.42. The van der Waals surface area contributed by atoms with Gasteiger partial charge in [-0.1, -0.05) is 0 Å². The molecule has 27 heavy (non-hydrogen) atoms. The minimum absolute atomic E-state index is 0.115. The minimum atomic E-state index is -3.74. The number of hydrogen-bond acceptors (Lipinski definition) is 5. The summed E-state index contributed by atoms with van der Waals surface area (Å²) in [4.78, 5) is 11.7. The third-order valence-electron chi connectivity index (χ3n) is 4.59. The van der Waals surface area contributed by atoms with E-state index in [1.54, 1.807) is 10.9 Å². The van der Waals surface area contributed by atoms with E-state index in [-0.39, 0.29) is 22.9 Å². The second-order valence-electron chi connectivity index (χ2n) is 6.39. The first-order valence-electron chi connectivity index (χ1n) is 8.93. The van der Waals surface area contributed by atoms with E-state index in [2.05, 4.69) is 15.1 Å². The zero-order valence-electron chi connectivity index (χ0n) is 15.4. The molecule has 9 heteroatoms. The molecule has 2 heterocycles. The SMILES string of the molecule is CCn1cc([C@H]2OCCC[C@@H]2NS(=O)(=O)c2ccc(C(=O)NC)cc2)cn1. The Labute approximate surface area is 159 Å². The van der Waals surface area contributed by atoms with Crippen LogP contribution in [0.4, 0.5) is 0 Å². The van der Waals surface area contributed by atoms with Gasteiger partial charge < -0.3 is 10.1 Å². The predicted octanol–water partition coefficient (Wildman–Crippen LogP) is 1.46. The van der Waals surface area contributed by atoms with Crippen molar-refractivity contribution in [1.82, 2.24) is 19.8 Å². The first-order chi connectivity index (χ1) is 12.9. The van der Waals surface area contributed by atoms with Crippen molar-refractivity contribution in [3.63, 3.8) is 0 Å². The molecule has 1 aliphatic rings. The van der Waals surface area contributed by atoms with Crippen LogP contribution < -0.4 is 10.0 Å². The van der Waals surface area contributed by atoms with E-state index in [9.17, 15) is 13.2 Å². The molecular weight excluding hydrogens is 368 g/mol. The van der Waals surface area contributed by atoms with Crippen molar-refractivity contribution in [2.75, 3.05) is 13.7 Å². The van der Waals surface area contributed by atoms with E-state index >= 15 is 0 Å². The van der Waals surface area contributed by atoms with Gasteiger partial charge >= 0.3 is 0 Å². The molecule has 1 saturated heterocycles. The van der Waals surface area contributed by atoms with Gasteiger partial charge in [0.25, 0.3) is 5.91 Å². The van der Waals surface area contributed by atoms with Crippen LogP contribution in [0.3, 0.4) is 0 Å². The van der Waals surface area contributed by atoms with E-state index in [0.29, 0.717) is 18.6 Å². The fraction of sp³-hybridized carbons (Fsp3) is 0.444. The summed E-state index contributed by atoms with van der Waals surface area (Å²) < 4.78 is 36.0. The number of amides is 1. The van der Waals surface area contributed by atoms with E-state index in [1.807, 2.05) is 13.1 Å². The topological polar surface area (TPSA) is 102 Å². The Morgan fingerprint density at radius 3 is 2.70 bits per heavy atom. The minimum Gasteiger partial charge on any atom is -0.372 e. The summed E-state index contributed by atoms with van der Waals surface area (Å²) in [6, 6.07) is 5.47. The maximum Gasteiger partial charge on any atom is 0.251 e.